The van der Waals surface area contributed by atoms with Crippen LogP contribution in [0.15, 0.2) is 42.5 Å². The monoisotopic (exact) mass is 581 g/mol. The van der Waals surface area contributed by atoms with Crippen LogP contribution in [0.4, 0.5) is 5.69 Å². The first kappa shape index (κ1) is 30.3. The number of sulfonamides is 1. The average Bonchev–Trinajstić information content (AvgIpc) is 3.33. The Balaban J connectivity index is 1.93. The van der Waals surface area contributed by atoms with Gasteiger partial charge in [0.15, 0.2) is 0 Å². The largest absolute Gasteiger partial charge is 0.352 e. The zero-order valence-corrected chi connectivity index (χ0v) is 25.0. The lowest BCUT2D eigenvalue weighted by Gasteiger charge is -2.32. The summed E-state index contributed by atoms with van der Waals surface area (Å²) in [5.74, 6) is -0.839. The Bertz CT molecular complexity index is 1230. The number of rotatable bonds is 9. The molecule has 0 spiro atoms. The normalized spacial score (nSPS) is 15.2. The fourth-order valence-corrected chi connectivity index (χ4v) is 5.94. The van der Waals surface area contributed by atoms with Crippen molar-refractivity contribution in [1.82, 2.24) is 10.2 Å². The molecule has 0 aromatic heterocycles. The Morgan fingerprint density at radius 2 is 1.58 bits per heavy atom. The summed E-state index contributed by atoms with van der Waals surface area (Å²) >= 11 is 12.8. The molecule has 0 bridgehead atoms. The van der Waals surface area contributed by atoms with E-state index in [0.717, 1.165) is 41.8 Å². The Hall–Kier alpha value is -2.29. The second-order valence-electron chi connectivity index (χ2n) is 11.0. The molecule has 2 aromatic rings. The van der Waals surface area contributed by atoms with Crippen LogP contribution in [0.5, 0.6) is 0 Å². The Morgan fingerprint density at radius 3 is 2.08 bits per heavy atom. The van der Waals surface area contributed by atoms with Gasteiger partial charge in [-0.05, 0) is 55.0 Å². The van der Waals surface area contributed by atoms with Gasteiger partial charge in [-0.2, -0.15) is 0 Å². The van der Waals surface area contributed by atoms with Crippen LogP contribution in [-0.2, 0) is 31.6 Å². The number of benzene rings is 2. The lowest BCUT2D eigenvalue weighted by atomic mass is 9.87. The Morgan fingerprint density at radius 1 is 1.03 bits per heavy atom. The first-order valence-corrected chi connectivity index (χ1v) is 15.4. The molecule has 208 valence electrons. The van der Waals surface area contributed by atoms with Crippen molar-refractivity contribution in [2.24, 2.45) is 0 Å². The van der Waals surface area contributed by atoms with Gasteiger partial charge in [-0.15, -0.1) is 0 Å². The van der Waals surface area contributed by atoms with Gasteiger partial charge in [0, 0.05) is 28.2 Å². The SMILES string of the molecule is C[C@@H](C(=O)NC1CCCC1)N(Cc1c(Cl)cccc1Cl)C(=O)CN(c1ccc(C(C)(C)C)cc1)S(C)(=O)=O. The number of nitrogens with one attached hydrogen (secondary N) is 1. The van der Waals surface area contributed by atoms with Crippen LogP contribution in [0, 0.1) is 0 Å². The third kappa shape index (κ3) is 7.64. The van der Waals surface area contributed by atoms with Gasteiger partial charge in [0.25, 0.3) is 0 Å². The van der Waals surface area contributed by atoms with Crippen LogP contribution in [-0.4, -0.2) is 50.0 Å². The molecule has 2 amide bonds. The molecule has 1 fully saturated rings. The number of hydrogen-bond donors (Lipinski definition) is 1. The molecule has 10 heteroatoms. The molecule has 2 aromatic carbocycles. The summed E-state index contributed by atoms with van der Waals surface area (Å²) < 4.78 is 26.7. The molecule has 0 radical (unpaired) electrons. The molecule has 0 unspecified atom stereocenters. The summed E-state index contributed by atoms with van der Waals surface area (Å²) in [6.45, 7) is 7.31. The van der Waals surface area contributed by atoms with Gasteiger partial charge in [-0.3, -0.25) is 13.9 Å². The van der Waals surface area contributed by atoms with E-state index < -0.39 is 28.5 Å². The van der Waals surface area contributed by atoms with Crippen molar-refractivity contribution in [3.05, 3.63) is 63.6 Å². The van der Waals surface area contributed by atoms with Crippen molar-refractivity contribution in [1.29, 1.82) is 0 Å². The van der Waals surface area contributed by atoms with E-state index in [1.54, 1.807) is 37.3 Å². The Labute approximate surface area is 236 Å². The number of halogens is 2. The predicted octanol–water partition coefficient (Wildman–Crippen LogP) is 5.53. The highest BCUT2D eigenvalue weighted by Gasteiger charge is 2.32. The second-order valence-corrected chi connectivity index (χ2v) is 13.7. The molecule has 3 rings (SSSR count). The molecule has 1 aliphatic carbocycles. The fourth-order valence-electron chi connectivity index (χ4n) is 4.57. The molecule has 1 atom stereocenters. The van der Waals surface area contributed by atoms with Gasteiger partial charge in [-0.25, -0.2) is 8.42 Å². The van der Waals surface area contributed by atoms with E-state index in [1.807, 2.05) is 12.1 Å². The minimum Gasteiger partial charge on any atom is -0.352 e. The summed E-state index contributed by atoms with van der Waals surface area (Å²) in [5.41, 5.74) is 1.78. The van der Waals surface area contributed by atoms with Crippen LogP contribution in [0.2, 0.25) is 10.0 Å². The zero-order valence-electron chi connectivity index (χ0n) is 22.6. The quantitative estimate of drug-likeness (QED) is 0.421. The third-order valence-electron chi connectivity index (χ3n) is 6.96. The van der Waals surface area contributed by atoms with E-state index in [9.17, 15) is 18.0 Å². The fraction of sp³-hybridized carbons (Fsp3) is 0.500. The lowest BCUT2D eigenvalue weighted by molar-refractivity contribution is -0.139. The third-order valence-corrected chi connectivity index (χ3v) is 8.81. The molecule has 0 saturated heterocycles. The number of nitrogens with zero attached hydrogens (tertiary/aromatic N) is 2. The average molecular weight is 583 g/mol. The van der Waals surface area contributed by atoms with Crippen molar-refractivity contribution < 1.29 is 18.0 Å². The summed E-state index contributed by atoms with van der Waals surface area (Å²) in [5, 5.41) is 3.75. The summed E-state index contributed by atoms with van der Waals surface area (Å²) in [7, 11) is -3.82. The predicted molar refractivity (Wildman–Crippen MR) is 154 cm³/mol. The first-order valence-electron chi connectivity index (χ1n) is 12.8. The van der Waals surface area contributed by atoms with Gasteiger partial charge in [0.1, 0.15) is 12.6 Å². The van der Waals surface area contributed by atoms with E-state index in [4.69, 9.17) is 23.2 Å². The molecular formula is C28H37Cl2N3O4S. The highest BCUT2D eigenvalue weighted by atomic mass is 35.5. The van der Waals surface area contributed by atoms with Gasteiger partial charge in [0.2, 0.25) is 21.8 Å². The van der Waals surface area contributed by atoms with Crippen molar-refractivity contribution in [2.75, 3.05) is 17.1 Å². The maximum Gasteiger partial charge on any atom is 0.244 e. The standard InChI is InChI=1S/C28H37Cl2N3O4S/c1-19(27(35)31-21-9-6-7-10-21)32(17-23-24(29)11-8-12-25(23)30)26(34)18-33(38(5,36)37)22-15-13-20(14-16-22)28(2,3)4/h8,11-16,19,21H,6-7,9-10,17-18H2,1-5H3,(H,31,35)/t19-/m0/s1. The van der Waals surface area contributed by atoms with Gasteiger partial charge < -0.3 is 10.2 Å². The highest BCUT2D eigenvalue weighted by Crippen LogP contribution is 2.29. The topological polar surface area (TPSA) is 86.8 Å². The van der Waals surface area contributed by atoms with Gasteiger partial charge in [0.05, 0.1) is 11.9 Å². The minimum atomic E-state index is -3.82. The second kappa shape index (κ2) is 12.3. The smallest absolute Gasteiger partial charge is 0.244 e. The van der Waals surface area contributed by atoms with Crippen molar-refractivity contribution in [3.63, 3.8) is 0 Å². The lowest BCUT2D eigenvalue weighted by Crippen LogP contribution is -2.52. The van der Waals surface area contributed by atoms with Crippen molar-refractivity contribution in [3.8, 4) is 0 Å². The van der Waals surface area contributed by atoms with Crippen molar-refractivity contribution in [2.45, 2.75) is 77.4 Å². The van der Waals surface area contributed by atoms with Crippen LogP contribution in [0.25, 0.3) is 0 Å². The highest BCUT2D eigenvalue weighted by molar-refractivity contribution is 7.92. The van der Waals surface area contributed by atoms with Gasteiger partial charge >= 0.3 is 0 Å². The van der Waals surface area contributed by atoms with E-state index in [1.165, 1.54) is 4.90 Å². The molecule has 0 aliphatic heterocycles. The molecular weight excluding hydrogens is 545 g/mol. The van der Waals surface area contributed by atoms with E-state index in [0.29, 0.717) is 21.3 Å². The minimum absolute atomic E-state index is 0.0445. The van der Waals surface area contributed by atoms with E-state index in [-0.39, 0.29) is 23.9 Å². The van der Waals surface area contributed by atoms with Crippen LogP contribution >= 0.6 is 23.2 Å². The number of carbonyl (C=O) groups is 2. The number of carbonyl (C=O) groups excluding carboxylic acids is 2. The Kier molecular flexibility index (Phi) is 9.76. The summed E-state index contributed by atoms with van der Waals surface area (Å²) in [6, 6.07) is 11.3. The van der Waals surface area contributed by atoms with Gasteiger partial charge in [-0.1, -0.05) is 75.0 Å². The maximum absolute atomic E-state index is 13.8. The number of hydrogen-bond acceptors (Lipinski definition) is 4. The number of anilines is 1. The molecule has 1 N–H and O–H groups in total. The van der Waals surface area contributed by atoms with E-state index >= 15 is 0 Å². The molecule has 0 heterocycles. The number of amides is 2. The van der Waals surface area contributed by atoms with Crippen LogP contribution in [0.3, 0.4) is 0 Å². The summed E-state index contributed by atoms with van der Waals surface area (Å²) in [6.07, 6.45) is 4.96. The van der Waals surface area contributed by atoms with E-state index in [2.05, 4.69) is 26.1 Å². The molecule has 38 heavy (non-hydrogen) atoms. The molecule has 7 nitrogen and oxygen atoms in total. The zero-order chi connectivity index (χ0) is 28.3. The van der Waals surface area contributed by atoms with Crippen molar-refractivity contribution >= 4 is 50.7 Å². The first-order chi connectivity index (χ1) is 17.7. The molecule has 1 aliphatic rings. The molecule has 1 saturated carbocycles. The maximum atomic E-state index is 13.8. The summed E-state index contributed by atoms with van der Waals surface area (Å²) in [4.78, 5) is 28.3. The van der Waals surface area contributed by atoms with Crippen LogP contribution < -0.4 is 9.62 Å². The van der Waals surface area contributed by atoms with Crippen LogP contribution in [0.1, 0.15) is 64.5 Å².